The second-order valence-electron chi connectivity index (χ2n) is 8.83. The van der Waals surface area contributed by atoms with Crippen LogP contribution in [-0.2, 0) is 6.42 Å². The van der Waals surface area contributed by atoms with E-state index in [-0.39, 0.29) is 35.2 Å². The number of anilines is 3. The highest BCUT2D eigenvalue weighted by Crippen LogP contribution is 2.35. The number of carbonyl (C=O) groups excluding carboxylic acids is 1. The first-order valence-electron chi connectivity index (χ1n) is 11.6. The molecule has 3 aromatic rings. The summed E-state index contributed by atoms with van der Waals surface area (Å²) in [6, 6.07) is 15.3. The number of likely N-dealkylation sites (N-methyl/N-ethyl adjacent to an activating group) is 1. The van der Waals surface area contributed by atoms with E-state index in [0.717, 1.165) is 38.3 Å². The number of amides is 1. The third-order valence-corrected chi connectivity index (χ3v) is 6.36. The Morgan fingerprint density at radius 2 is 1.86 bits per heavy atom. The topological polar surface area (TPSA) is 91.1 Å². The number of nitrogen functional groups attached to an aromatic ring is 1. The molecule has 184 valence electrons. The molecule has 1 heterocycles. The van der Waals surface area contributed by atoms with Gasteiger partial charge in [0.1, 0.15) is 11.4 Å². The third kappa shape index (κ3) is 5.66. The van der Waals surface area contributed by atoms with Gasteiger partial charge in [-0.1, -0.05) is 12.1 Å². The van der Waals surface area contributed by atoms with E-state index >= 15 is 0 Å². The first kappa shape index (κ1) is 24.3. The van der Waals surface area contributed by atoms with Gasteiger partial charge in [-0.2, -0.15) is 0 Å². The lowest BCUT2D eigenvalue weighted by molar-refractivity contribution is 0.102. The summed E-state index contributed by atoms with van der Waals surface area (Å²) >= 11 is 0. The number of aromatic hydroxyl groups is 1. The van der Waals surface area contributed by atoms with E-state index in [1.54, 1.807) is 30.3 Å². The van der Waals surface area contributed by atoms with Crippen molar-refractivity contribution in [2.24, 2.45) is 0 Å². The number of phenolic OH excluding ortho intramolecular Hbond substituents is 1. The van der Waals surface area contributed by atoms with Crippen molar-refractivity contribution < 1.29 is 19.0 Å². The Morgan fingerprint density at radius 1 is 1.09 bits per heavy atom. The van der Waals surface area contributed by atoms with E-state index in [1.165, 1.54) is 19.2 Å². The van der Waals surface area contributed by atoms with Crippen molar-refractivity contribution >= 4 is 23.0 Å². The van der Waals surface area contributed by atoms with Gasteiger partial charge >= 0.3 is 0 Å². The fraction of sp³-hybridized carbons (Fsp3) is 0.296. The highest BCUT2D eigenvalue weighted by atomic mass is 19.1. The molecule has 1 amide bonds. The Bertz CT molecular complexity index is 1200. The van der Waals surface area contributed by atoms with Gasteiger partial charge in [0, 0.05) is 42.9 Å². The minimum atomic E-state index is -0.482. The number of ether oxygens (including phenoxy) is 1. The minimum Gasteiger partial charge on any atom is -0.505 e. The fourth-order valence-corrected chi connectivity index (χ4v) is 4.28. The zero-order chi connectivity index (χ0) is 24.9. The molecule has 4 N–H and O–H groups in total. The number of nitrogens with two attached hydrogens (primary N) is 1. The van der Waals surface area contributed by atoms with Crippen LogP contribution in [0.4, 0.5) is 21.5 Å². The largest absolute Gasteiger partial charge is 0.505 e. The number of hydrogen-bond donors (Lipinski definition) is 3. The molecule has 7 nitrogen and oxygen atoms in total. The van der Waals surface area contributed by atoms with Crippen LogP contribution < -0.4 is 20.7 Å². The fourth-order valence-electron chi connectivity index (χ4n) is 4.28. The standard InChI is InChI=1S/C27H31FN4O3/c1-31-12-3-13-32(15-14-31)21-8-5-19(6-9-21)27(34)30-25-23(29)10-7-20(26(25)33)16-18-4-11-24(35-2)22(28)17-18/h4-11,17,33H,3,12-16,29H2,1-2H3,(H,30,34). The van der Waals surface area contributed by atoms with E-state index in [9.17, 15) is 14.3 Å². The maximum absolute atomic E-state index is 14.1. The van der Waals surface area contributed by atoms with Crippen LogP contribution in [0.25, 0.3) is 0 Å². The molecule has 1 fully saturated rings. The number of benzene rings is 3. The minimum absolute atomic E-state index is 0.139. The molecule has 0 unspecified atom stereocenters. The molecule has 0 atom stereocenters. The van der Waals surface area contributed by atoms with Crippen molar-refractivity contribution in [3.05, 3.63) is 77.1 Å². The zero-order valence-electron chi connectivity index (χ0n) is 20.1. The number of halogens is 1. The lowest BCUT2D eigenvalue weighted by Gasteiger charge is -2.23. The number of nitrogens with one attached hydrogen (secondary N) is 1. The smallest absolute Gasteiger partial charge is 0.255 e. The van der Waals surface area contributed by atoms with Gasteiger partial charge in [-0.15, -0.1) is 0 Å². The van der Waals surface area contributed by atoms with Gasteiger partial charge in [-0.25, -0.2) is 4.39 Å². The molecule has 8 heteroatoms. The summed E-state index contributed by atoms with van der Waals surface area (Å²) in [5.74, 6) is -0.844. The van der Waals surface area contributed by atoms with Gasteiger partial charge in [0.25, 0.3) is 5.91 Å². The highest BCUT2D eigenvalue weighted by Gasteiger charge is 2.17. The normalized spacial score (nSPS) is 14.4. The summed E-state index contributed by atoms with van der Waals surface area (Å²) in [7, 11) is 3.53. The summed E-state index contributed by atoms with van der Waals surface area (Å²) in [6.07, 6.45) is 1.35. The van der Waals surface area contributed by atoms with Gasteiger partial charge < -0.3 is 30.7 Å². The van der Waals surface area contributed by atoms with Gasteiger partial charge in [0.05, 0.1) is 12.8 Å². The van der Waals surface area contributed by atoms with Crippen LogP contribution in [0.2, 0.25) is 0 Å². The monoisotopic (exact) mass is 478 g/mol. The molecule has 1 saturated heterocycles. The maximum atomic E-state index is 14.1. The first-order chi connectivity index (χ1) is 16.9. The Labute approximate surface area is 204 Å². The Morgan fingerprint density at radius 3 is 2.57 bits per heavy atom. The third-order valence-electron chi connectivity index (χ3n) is 6.36. The van der Waals surface area contributed by atoms with Crippen LogP contribution in [0.5, 0.6) is 11.5 Å². The number of hydrogen-bond acceptors (Lipinski definition) is 6. The van der Waals surface area contributed by atoms with E-state index in [2.05, 4.69) is 22.2 Å². The predicted octanol–water partition coefficient (Wildman–Crippen LogP) is 4.11. The van der Waals surface area contributed by atoms with Crippen molar-refractivity contribution in [3.8, 4) is 11.5 Å². The maximum Gasteiger partial charge on any atom is 0.255 e. The number of rotatable bonds is 6. The average molecular weight is 479 g/mol. The van der Waals surface area contributed by atoms with Crippen LogP contribution in [0.15, 0.2) is 54.6 Å². The predicted molar refractivity (Wildman–Crippen MR) is 137 cm³/mol. The van der Waals surface area contributed by atoms with Crippen molar-refractivity contribution in [1.82, 2.24) is 4.90 Å². The van der Waals surface area contributed by atoms with E-state index < -0.39 is 5.82 Å². The van der Waals surface area contributed by atoms with Crippen LogP contribution >= 0.6 is 0 Å². The molecule has 4 rings (SSSR count). The SMILES string of the molecule is COc1ccc(Cc2ccc(N)c(NC(=O)c3ccc(N4CCCN(C)CC4)cc3)c2O)cc1F. The molecule has 0 saturated carbocycles. The number of nitrogens with zero attached hydrogens (tertiary/aromatic N) is 2. The molecule has 1 aliphatic rings. The number of methoxy groups -OCH3 is 1. The van der Waals surface area contributed by atoms with Crippen LogP contribution in [0.1, 0.15) is 27.9 Å². The summed E-state index contributed by atoms with van der Waals surface area (Å²) in [5, 5.41) is 13.6. The lowest BCUT2D eigenvalue weighted by Crippen LogP contribution is -2.28. The van der Waals surface area contributed by atoms with Gasteiger partial charge in [0.15, 0.2) is 11.6 Å². The van der Waals surface area contributed by atoms with Crippen LogP contribution in [0, 0.1) is 5.82 Å². The number of phenols is 1. The molecular weight excluding hydrogens is 447 g/mol. The quantitative estimate of drug-likeness (QED) is 0.365. The summed E-state index contributed by atoms with van der Waals surface area (Å²) in [6.45, 7) is 4.00. The molecule has 0 aromatic heterocycles. The first-order valence-corrected chi connectivity index (χ1v) is 11.6. The van der Waals surface area contributed by atoms with E-state index in [4.69, 9.17) is 10.5 Å². The summed E-state index contributed by atoms with van der Waals surface area (Å²) < 4.78 is 19.0. The highest BCUT2D eigenvalue weighted by molar-refractivity contribution is 6.07. The Hall–Kier alpha value is -3.78. The van der Waals surface area contributed by atoms with Crippen LogP contribution in [-0.4, -0.2) is 56.3 Å². The molecule has 0 aliphatic carbocycles. The van der Waals surface area contributed by atoms with Gasteiger partial charge in [-0.05, 0) is 68.0 Å². The van der Waals surface area contributed by atoms with Crippen molar-refractivity contribution in [2.75, 3.05) is 56.3 Å². The van der Waals surface area contributed by atoms with Gasteiger partial charge in [-0.3, -0.25) is 4.79 Å². The number of carbonyl (C=O) groups is 1. The van der Waals surface area contributed by atoms with Crippen molar-refractivity contribution in [2.45, 2.75) is 12.8 Å². The molecule has 35 heavy (non-hydrogen) atoms. The lowest BCUT2D eigenvalue weighted by atomic mass is 10.0. The summed E-state index contributed by atoms with van der Waals surface area (Å²) in [5.41, 5.74) is 9.14. The van der Waals surface area contributed by atoms with E-state index in [0.29, 0.717) is 16.7 Å². The second-order valence-corrected chi connectivity index (χ2v) is 8.83. The van der Waals surface area contributed by atoms with Crippen molar-refractivity contribution in [3.63, 3.8) is 0 Å². The summed E-state index contributed by atoms with van der Waals surface area (Å²) in [4.78, 5) is 17.6. The van der Waals surface area contributed by atoms with Gasteiger partial charge in [0.2, 0.25) is 0 Å². The molecule has 0 spiro atoms. The van der Waals surface area contributed by atoms with E-state index in [1.807, 2.05) is 12.1 Å². The van der Waals surface area contributed by atoms with Crippen molar-refractivity contribution in [1.29, 1.82) is 0 Å². The Balaban J connectivity index is 1.48. The average Bonchev–Trinajstić information content (AvgIpc) is 3.08. The molecular formula is C27H31FN4O3. The Kier molecular flexibility index (Phi) is 7.41. The molecule has 3 aromatic carbocycles. The van der Waals surface area contributed by atoms with Crippen LogP contribution in [0.3, 0.4) is 0 Å². The molecule has 0 bridgehead atoms. The molecule has 1 aliphatic heterocycles. The molecule has 0 radical (unpaired) electrons. The second kappa shape index (κ2) is 10.7. The zero-order valence-corrected chi connectivity index (χ0v) is 20.1.